The summed E-state index contributed by atoms with van der Waals surface area (Å²) < 4.78 is 29.1. The number of aryl methyl sites for hydroxylation is 3. The number of nitrogens with two attached hydrogens (primary N) is 1. The number of anilines is 3. The maximum atomic E-state index is 12.4. The van der Waals surface area contributed by atoms with Crippen molar-refractivity contribution >= 4 is 23.4 Å². The summed E-state index contributed by atoms with van der Waals surface area (Å²) in [5.41, 5.74) is 8.07. The number of ether oxygens (including phenoxy) is 1. The van der Waals surface area contributed by atoms with Gasteiger partial charge >= 0.3 is 6.61 Å². The predicted molar refractivity (Wildman–Crippen MR) is 86.5 cm³/mol. The molecule has 2 aromatic heterocycles. The Morgan fingerprint density at radius 1 is 1.21 bits per heavy atom. The molecule has 0 saturated carbocycles. The third kappa shape index (κ3) is 3.58. The van der Waals surface area contributed by atoms with E-state index in [9.17, 15) is 13.6 Å². The molecule has 128 valence electrons. The van der Waals surface area contributed by atoms with Crippen molar-refractivity contribution in [1.29, 1.82) is 0 Å². The highest BCUT2D eigenvalue weighted by molar-refractivity contribution is 5.98. The summed E-state index contributed by atoms with van der Waals surface area (Å²) in [4.78, 5) is 21.7. The Hall–Kier alpha value is -2.77. The van der Waals surface area contributed by atoms with Gasteiger partial charge in [0.05, 0.1) is 0 Å². The Labute approximate surface area is 138 Å². The fourth-order valence-electron chi connectivity index (χ4n) is 2.16. The van der Waals surface area contributed by atoms with Crippen LogP contribution in [0.25, 0.3) is 0 Å². The van der Waals surface area contributed by atoms with E-state index in [1.807, 2.05) is 13.8 Å². The zero-order valence-corrected chi connectivity index (χ0v) is 13.8. The average molecular weight is 336 g/mol. The first-order chi connectivity index (χ1) is 11.2. The third-order valence-corrected chi connectivity index (χ3v) is 3.51. The van der Waals surface area contributed by atoms with Crippen LogP contribution < -0.4 is 15.4 Å². The van der Waals surface area contributed by atoms with Crippen molar-refractivity contribution in [3.05, 3.63) is 35.0 Å². The zero-order valence-electron chi connectivity index (χ0n) is 13.8. The second-order valence-electron chi connectivity index (χ2n) is 5.37. The highest BCUT2D eigenvalue weighted by Gasteiger charge is 2.22. The number of nitrogen functional groups attached to an aromatic ring is 1. The molecule has 0 atom stereocenters. The molecule has 2 heterocycles. The third-order valence-electron chi connectivity index (χ3n) is 3.51. The number of carbonyl (C=O) groups is 1. The summed E-state index contributed by atoms with van der Waals surface area (Å²) in [7, 11) is 0. The van der Waals surface area contributed by atoms with Gasteiger partial charge in [-0.05, 0) is 49.6 Å². The van der Waals surface area contributed by atoms with Crippen molar-refractivity contribution in [3.63, 3.8) is 0 Å². The molecule has 8 heteroatoms. The summed E-state index contributed by atoms with van der Waals surface area (Å²) in [6, 6.07) is 3.07. The minimum absolute atomic E-state index is 0.220. The normalized spacial score (nSPS) is 10.8. The van der Waals surface area contributed by atoms with E-state index in [-0.39, 0.29) is 23.3 Å². The number of hydrogen-bond donors (Lipinski definition) is 1. The number of aromatic nitrogens is 2. The minimum Gasteiger partial charge on any atom is -0.431 e. The fraction of sp³-hybridized carbons (Fsp3) is 0.312. The number of rotatable bonds is 4. The summed E-state index contributed by atoms with van der Waals surface area (Å²) >= 11 is 0. The van der Waals surface area contributed by atoms with E-state index >= 15 is 0 Å². The molecule has 6 nitrogen and oxygen atoms in total. The molecular weight excluding hydrogens is 318 g/mol. The van der Waals surface area contributed by atoms with E-state index < -0.39 is 6.61 Å². The molecule has 1 amide bonds. The maximum Gasteiger partial charge on any atom is 0.387 e. The van der Waals surface area contributed by atoms with Crippen molar-refractivity contribution in [2.45, 2.75) is 34.3 Å². The quantitative estimate of drug-likeness (QED) is 0.927. The number of nitrogens with zero attached hydrogens (tertiary/aromatic N) is 3. The van der Waals surface area contributed by atoms with Gasteiger partial charge in [0.25, 0.3) is 0 Å². The van der Waals surface area contributed by atoms with Crippen LogP contribution in [0.5, 0.6) is 5.75 Å². The topological polar surface area (TPSA) is 81.3 Å². The second-order valence-corrected chi connectivity index (χ2v) is 5.37. The zero-order chi connectivity index (χ0) is 18.0. The van der Waals surface area contributed by atoms with E-state index in [0.29, 0.717) is 11.4 Å². The fourth-order valence-corrected chi connectivity index (χ4v) is 2.16. The molecule has 0 aliphatic rings. The first kappa shape index (κ1) is 17.6. The van der Waals surface area contributed by atoms with Crippen molar-refractivity contribution in [3.8, 4) is 5.75 Å². The second kappa shape index (κ2) is 6.77. The molecule has 0 bridgehead atoms. The van der Waals surface area contributed by atoms with Gasteiger partial charge in [-0.3, -0.25) is 4.79 Å². The van der Waals surface area contributed by atoms with Crippen LogP contribution in [0.4, 0.5) is 26.2 Å². The van der Waals surface area contributed by atoms with Crippen LogP contribution in [0.2, 0.25) is 0 Å². The minimum atomic E-state index is -3.01. The number of carbonyl (C=O) groups excluding carboxylic acids is 1. The van der Waals surface area contributed by atoms with Gasteiger partial charge in [-0.2, -0.15) is 8.78 Å². The maximum absolute atomic E-state index is 12.4. The lowest BCUT2D eigenvalue weighted by Crippen LogP contribution is -2.26. The van der Waals surface area contributed by atoms with Gasteiger partial charge in [0.15, 0.2) is 11.6 Å². The Morgan fingerprint density at radius 3 is 2.42 bits per heavy atom. The van der Waals surface area contributed by atoms with Crippen LogP contribution >= 0.6 is 0 Å². The highest BCUT2D eigenvalue weighted by Crippen LogP contribution is 2.32. The van der Waals surface area contributed by atoms with Crippen LogP contribution in [0.1, 0.15) is 23.6 Å². The van der Waals surface area contributed by atoms with Gasteiger partial charge in [0, 0.05) is 13.1 Å². The summed E-state index contributed by atoms with van der Waals surface area (Å²) in [5, 5.41) is 0. The van der Waals surface area contributed by atoms with E-state index in [1.165, 1.54) is 17.9 Å². The number of pyridine rings is 2. The molecule has 2 rings (SSSR count). The van der Waals surface area contributed by atoms with Crippen molar-refractivity contribution in [2.24, 2.45) is 0 Å². The molecule has 0 fully saturated rings. The Bertz CT molecular complexity index is 781. The molecule has 0 aliphatic carbocycles. The van der Waals surface area contributed by atoms with Gasteiger partial charge in [-0.15, -0.1) is 0 Å². The Kier molecular flexibility index (Phi) is 4.96. The lowest BCUT2D eigenvalue weighted by Gasteiger charge is -2.22. The largest absolute Gasteiger partial charge is 0.431 e. The number of amides is 1. The average Bonchev–Trinajstić information content (AvgIpc) is 2.47. The van der Waals surface area contributed by atoms with Gasteiger partial charge < -0.3 is 10.5 Å². The summed E-state index contributed by atoms with van der Waals surface area (Å²) in [6.45, 7) is 3.77. The number of alkyl halides is 2. The van der Waals surface area contributed by atoms with Crippen LogP contribution in [0.15, 0.2) is 18.3 Å². The van der Waals surface area contributed by atoms with Crippen molar-refractivity contribution in [2.75, 3.05) is 10.6 Å². The van der Waals surface area contributed by atoms with Crippen molar-refractivity contribution in [1.82, 2.24) is 9.97 Å². The standard InChI is InChI=1S/C16H18F2N4O2/c1-8-6-13(20-7-10(8)3)22(11(4)23)15-9(2)5-12(14(19)21-15)24-16(17)18/h5-7,16H,1-4H3,(H2,19,21). The van der Waals surface area contributed by atoms with Gasteiger partial charge in [0.2, 0.25) is 5.91 Å². The van der Waals surface area contributed by atoms with Gasteiger partial charge in [-0.25, -0.2) is 14.9 Å². The smallest absolute Gasteiger partial charge is 0.387 e. The van der Waals surface area contributed by atoms with E-state index in [2.05, 4.69) is 14.7 Å². The Morgan fingerprint density at radius 2 is 1.88 bits per heavy atom. The molecular formula is C16H18F2N4O2. The first-order valence-corrected chi connectivity index (χ1v) is 7.16. The number of hydrogen-bond acceptors (Lipinski definition) is 5. The molecule has 0 saturated heterocycles. The first-order valence-electron chi connectivity index (χ1n) is 7.16. The predicted octanol–water partition coefficient (Wildman–Crippen LogP) is 3.27. The molecule has 24 heavy (non-hydrogen) atoms. The van der Waals surface area contributed by atoms with E-state index in [0.717, 1.165) is 11.1 Å². The highest BCUT2D eigenvalue weighted by atomic mass is 19.3. The summed E-state index contributed by atoms with van der Waals surface area (Å²) in [5.74, 6) is -0.197. The number of halogens is 2. The van der Waals surface area contributed by atoms with Crippen LogP contribution in [-0.4, -0.2) is 22.5 Å². The molecule has 0 spiro atoms. The SMILES string of the molecule is CC(=O)N(c1cc(C)c(C)cn1)c1nc(N)c(OC(F)F)cc1C. The molecule has 0 radical (unpaired) electrons. The van der Waals surface area contributed by atoms with Crippen LogP contribution in [0, 0.1) is 20.8 Å². The van der Waals surface area contributed by atoms with Crippen molar-refractivity contribution < 1.29 is 18.3 Å². The van der Waals surface area contributed by atoms with E-state index in [1.54, 1.807) is 19.2 Å². The molecule has 0 unspecified atom stereocenters. The van der Waals surface area contributed by atoms with E-state index in [4.69, 9.17) is 5.73 Å². The lowest BCUT2D eigenvalue weighted by molar-refractivity contribution is -0.115. The van der Waals surface area contributed by atoms with Crippen LogP contribution in [0.3, 0.4) is 0 Å². The van der Waals surface area contributed by atoms with Gasteiger partial charge in [0.1, 0.15) is 11.6 Å². The molecule has 0 aromatic carbocycles. The van der Waals surface area contributed by atoms with Gasteiger partial charge in [-0.1, -0.05) is 0 Å². The Balaban J connectivity index is 2.54. The molecule has 0 aliphatic heterocycles. The molecule has 2 aromatic rings. The monoisotopic (exact) mass is 336 g/mol. The molecule has 2 N–H and O–H groups in total. The van der Waals surface area contributed by atoms with Crippen LogP contribution in [-0.2, 0) is 4.79 Å². The lowest BCUT2D eigenvalue weighted by atomic mass is 10.1. The summed E-state index contributed by atoms with van der Waals surface area (Å²) in [6.07, 6.45) is 1.65.